The predicted octanol–water partition coefficient (Wildman–Crippen LogP) is 2.30. The van der Waals surface area contributed by atoms with E-state index in [1.54, 1.807) is 24.9 Å². The maximum absolute atomic E-state index is 11.0. The minimum absolute atomic E-state index is 0.359. The quantitative estimate of drug-likeness (QED) is 0.395. The number of aromatic nitrogens is 1. The van der Waals surface area contributed by atoms with Crippen molar-refractivity contribution < 1.29 is 14.7 Å². The molecule has 0 spiro atoms. The first-order chi connectivity index (χ1) is 13.2. The fraction of sp³-hybridized carbons (Fsp3) is 0.300. The van der Waals surface area contributed by atoms with Crippen LogP contribution in [0.5, 0.6) is 5.75 Å². The molecule has 1 aliphatic rings. The largest absolute Gasteiger partial charge is 0.497 e. The van der Waals surface area contributed by atoms with E-state index >= 15 is 0 Å². The number of methoxy groups -OCH3 is 1. The number of hydroxylamine groups is 1. The first-order valence-corrected chi connectivity index (χ1v) is 8.86. The van der Waals surface area contributed by atoms with E-state index in [4.69, 9.17) is 9.94 Å². The van der Waals surface area contributed by atoms with Crippen LogP contribution in [0.4, 0.5) is 5.82 Å². The summed E-state index contributed by atoms with van der Waals surface area (Å²) in [5.41, 5.74) is 3.62. The molecule has 1 atom stereocenters. The molecule has 1 amide bonds. The molecule has 1 aromatic heterocycles. The third-order valence-corrected chi connectivity index (χ3v) is 4.51. The van der Waals surface area contributed by atoms with Gasteiger partial charge in [-0.25, -0.2) is 10.5 Å². The molecule has 1 saturated heterocycles. The van der Waals surface area contributed by atoms with Crippen LogP contribution in [0, 0.1) is 0 Å². The summed E-state index contributed by atoms with van der Waals surface area (Å²) in [4.78, 5) is 17.8. The average Bonchev–Trinajstić information content (AvgIpc) is 3.14. The summed E-state index contributed by atoms with van der Waals surface area (Å²) >= 11 is 0. The van der Waals surface area contributed by atoms with E-state index in [-0.39, 0.29) is 0 Å². The maximum atomic E-state index is 11.0. The Bertz CT molecular complexity index is 775. The van der Waals surface area contributed by atoms with Crippen molar-refractivity contribution in [3.05, 3.63) is 59.8 Å². The van der Waals surface area contributed by atoms with Crippen molar-refractivity contribution in [1.29, 1.82) is 0 Å². The Morgan fingerprint density at radius 3 is 2.81 bits per heavy atom. The van der Waals surface area contributed by atoms with Crippen LogP contribution in [0.1, 0.15) is 17.5 Å². The fourth-order valence-corrected chi connectivity index (χ4v) is 3.09. The molecule has 0 radical (unpaired) electrons. The topological polar surface area (TPSA) is 86.7 Å². The number of carbonyl (C=O) groups is 1. The van der Waals surface area contributed by atoms with Crippen LogP contribution in [0.15, 0.2) is 48.7 Å². The number of anilines is 1. The van der Waals surface area contributed by atoms with Crippen LogP contribution in [0.2, 0.25) is 0 Å². The summed E-state index contributed by atoms with van der Waals surface area (Å²) in [5, 5.41) is 11.9. The standard InChI is InChI=1S/C20H24N4O3/c1-27-18-6-2-16(3-7-18)13-24-11-10-17(14-24)22-19-8-4-15(12-21-19)5-9-20(25)23-26/h2-9,12,17,26H,10-11,13-14H2,1H3,(H,21,22)(H,23,25)/t17-/m1/s1. The van der Waals surface area contributed by atoms with Crippen LogP contribution in [0.3, 0.4) is 0 Å². The zero-order valence-corrected chi connectivity index (χ0v) is 15.3. The highest BCUT2D eigenvalue weighted by Crippen LogP contribution is 2.19. The molecule has 142 valence electrons. The number of nitrogens with one attached hydrogen (secondary N) is 2. The fourth-order valence-electron chi connectivity index (χ4n) is 3.09. The Hall–Kier alpha value is -2.90. The Morgan fingerprint density at radius 2 is 2.15 bits per heavy atom. The smallest absolute Gasteiger partial charge is 0.267 e. The first-order valence-electron chi connectivity index (χ1n) is 8.86. The first kappa shape index (κ1) is 18.9. The van der Waals surface area contributed by atoms with Crippen LogP contribution >= 0.6 is 0 Å². The van der Waals surface area contributed by atoms with E-state index in [0.717, 1.165) is 43.2 Å². The Labute approximate surface area is 158 Å². The molecule has 27 heavy (non-hydrogen) atoms. The molecule has 7 heteroatoms. The molecule has 0 unspecified atom stereocenters. The van der Waals surface area contributed by atoms with Gasteiger partial charge in [0, 0.05) is 37.9 Å². The number of carbonyl (C=O) groups excluding carboxylic acids is 1. The number of ether oxygens (including phenoxy) is 1. The van der Waals surface area contributed by atoms with Gasteiger partial charge in [-0.3, -0.25) is 14.9 Å². The second-order valence-electron chi connectivity index (χ2n) is 6.50. The molecule has 1 aliphatic heterocycles. The second kappa shape index (κ2) is 9.16. The molecule has 1 aromatic carbocycles. The molecular formula is C20H24N4O3. The van der Waals surface area contributed by atoms with Crippen LogP contribution < -0.4 is 15.5 Å². The Kier molecular flexibility index (Phi) is 6.40. The second-order valence-corrected chi connectivity index (χ2v) is 6.50. The van der Waals surface area contributed by atoms with Crippen molar-refractivity contribution in [3.63, 3.8) is 0 Å². The van der Waals surface area contributed by atoms with Crippen LogP contribution in [-0.2, 0) is 11.3 Å². The normalized spacial score (nSPS) is 17.2. The summed E-state index contributed by atoms with van der Waals surface area (Å²) in [6.45, 7) is 2.93. The molecule has 7 nitrogen and oxygen atoms in total. The monoisotopic (exact) mass is 368 g/mol. The number of rotatable bonds is 7. The number of nitrogens with zero attached hydrogens (tertiary/aromatic N) is 2. The summed E-state index contributed by atoms with van der Waals surface area (Å²) in [6, 6.07) is 12.3. The molecule has 3 rings (SSSR count). The highest BCUT2D eigenvalue weighted by atomic mass is 16.5. The van der Waals surface area contributed by atoms with E-state index in [0.29, 0.717) is 6.04 Å². The Balaban J connectivity index is 1.49. The molecule has 0 bridgehead atoms. The van der Waals surface area contributed by atoms with Gasteiger partial charge in [0.15, 0.2) is 0 Å². The average molecular weight is 368 g/mol. The van der Waals surface area contributed by atoms with Gasteiger partial charge in [-0.2, -0.15) is 0 Å². The molecule has 3 N–H and O–H groups in total. The van der Waals surface area contributed by atoms with Gasteiger partial charge in [0.25, 0.3) is 5.91 Å². The minimum atomic E-state index is -0.569. The van der Waals surface area contributed by atoms with Gasteiger partial charge in [0.1, 0.15) is 11.6 Å². The summed E-state index contributed by atoms with van der Waals surface area (Å²) in [6.07, 6.45) is 5.59. The molecule has 2 aromatic rings. The third kappa shape index (κ3) is 5.54. The summed E-state index contributed by atoms with van der Waals surface area (Å²) in [7, 11) is 1.68. The van der Waals surface area contributed by atoms with Gasteiger partial charge in [0.05, 0.1) is 7.11 Å². The van der Waals surface area contributed by atoms with Crippen molar-refractivity contribution in [2.24, 2.45) is 0 Å². The van der Waals surface area contributed by atoms with Gasteiger partial charge in [-0.05, 0) is 47.9 Å². The van der Waals surface area contributed by atoms with E-state index in [1.165, 1.54) is 11.6 Å². The van der Waals surface area contributed by atoms with Gasteiger partial charge in [-0.15, -0.1) is 0 Å². The molecular weight excluding hydrogens is 344 g/mol. The molecule has 0 saturated carbocycles. The molecule has 2 heterocycles. The van der Waals surface area contributed by atoms with Gasteiger partial charge in [0.2, 0.25) is 0 Å². The number of benzene rings is 1. The van der Waals surface area contributed by atoms with Crippen molar-refractivity contribution in [2.75, 3.05) is 25.5 Å². The minimum Gasteiger partial charge on any atom is -0.497 e. The molecule has 0 aliphatic carbocycles. The van der Waals surface area contributed by atoms with Gasteiger partial charge in [-0.1, -0.05) is 12.1 Å². The number of likely N-dealkylation sites (tertiary alicyclic amines) is 1. The lowest BCUT2D eigenvalue weighted by Crippen LogP contribution is -2.26. The van der Waals surface area contributed by atoms with Crippen molar-refractivity contribution in [3.8, 4) is 5.75 Å². The third-order valence-electron chi connectivity index (χ3n) is 4.51. The Morgan fingerprint density at radius 1 is 1.33 bits per heavy atom. The number of pyridine rings is 1. The van der Waals surface area contributed by atoms with E-state index < -0.39 is 5.91 Å². The van der Waals surface area contributed by atoms with Crippen molar-refractivity contribution in [2.45, 2.75) is 19.0 Å². The zero-order chi connectivity index (χ0) is 19.1. The van der Waals surface area contributed by atoms with Gasteiger partial charge >= 0.3 is 0 Å². The maximum Gasteiger partial charge on any atom is 0.267 e. The van der Waals surface area contributed by atoms with Crippen LogP contribution in [-0.4, -0.2) is 47.2 Å². The van der Waals surface area contributed by atoms with E-state index in [9.17, 15) is 4.79 Å². The van der Waals surface area contributed by atoms with Crippen molar-refractivity contribution in [1.82, 2.24) is 15.4 Å². The lowest BCUT2D eigenvalue weighted by Gasteiger charge is -2.17. The van der Waals surface area contributed by atoms with E-state index in [1.807, 2.05) is 24.3 Å². The number of hydrogen-bond donors (Lipinski definition) is 3. The predicted molar refractivity (Wildman–Crippen MR) is 103 cm³/mol. The lowest BCUT2D eigenvalue weighted by molar-refractivity contribution is -0.124. The van der Waals surface area contributed by atoms with Crippen LogP contribution in [0.25, 0.3) is 6.08 Å². The van der Waals surface area contributed by atoms with E-state index in [2.05, 4.69) is 27.3 Å². The van der Waals surface area contributed by atoms with Gasteiger partial charge < -0.3 is 10.1 Å². The lowest BCUT2D eigenvalue weighted by atomic mass is 10.2. The molecule has 1 fully saturated rings. The summed E-state index contributed by atoms with van der Waals surface area (Å²) in [5.74, 6) is 1.12. The highest BCUT2D eigenvalue weighted by molar-refractivity contribution is 5.90. The highest BCUT2D eigenvalue weighted by Gasteiger charge is 2.22. The number of amides is 1. The van der Waals surface area contributed by atoms with Crippen molar-refractivity contribution >= 4 is 17.8 Å². The summed E-state index contributed by atoms with van der Waals surface area (Å²) < 4.78 is 5.20. The number of hydrogen-bond acceptors (Lipinski definition) is 6. The SMILES string of the molecule is COc1ccc(CN2CC[C@@H](Nc3ccc(C=CC(=O)NO)cn3)C2)cc1. The zero-order valence-electron chi connectivity index (χ0n) is 15.3.